The van der Waals surface area contributed by atoms with E-state index < -0.39 is 0 Å². The first kappa shape index (κ1) is 17.0. The van der Waals surface area contributed by atoms with Gasteiger partial charge in [-0.3, -0.25) is 4.79 Å². The zero-order chi connectivity index (χ0) is 17.1. The third-order valence-corrected chi connectivity index (χ3v) is 4.98. The predicted octanol–water partition coefficient (Wildman–Crippen LogP) is 2.19. The van der Waals surface area contributed by atoms with Crippen LogP contribution in [0.4, 0.5) is 0 Å². The van der Waals surface area contributed by atoms with Crippen LogP contribution in [0.25, 0.3) is 0 Å². The summed E-state index contributed by atoms with van der Waals surface area (Å²) in [6, 6.07) is 1.97. The van der Waals surface area contributed by atoms with Gasteiger partial charge in [-0.15, -0.1) is 11.3 Å². The van der Waals surface area contributed by atoms with Gasteiger partial charge in [0.2, 0.25) is 0 Å². The molecule has 6 nitrogen and oxygen atoms in total. The van der Waals surface area contributed by atoms with Gasteiger partial charge in [-0.05, 0) is 26.8 Å². The van der Waals surface area contributed by atoms with E-state index >= 15 is 0 Å². The van der Waals surface area contributed by atoms with Gasteiger partial charge in [0.1, 0.15) is 10.7 Å². The lowest BCUT2D eigenvalue weighted by Gasteiger charge is -2.23. The summed E-state index contributed by atoms with van der Waals surface area (Å²) in [4.78, 5) is 28.6. The predicted molar refractivity (Wildman–Crippen MR) is 92.3 cm³/mol. The molecule has 1 unspecified atom stereocenters. The maximum Gasteiger partial charge on any atom is 0.265 e. The largest absolute Gasteiger partial charge is 0.379 e. The molecule has 0 bridgehead atoms. The Morgan fingerprint density at radius 3 is 2.75 bits per heavy atom. The van der Waals surface area contributed by atoms with Crippen molar-refractivity contribution in [3.05, 3.63) is 39.4 Å². The monoisotopic (exact) mass is 346 g/mol. The number of hydrogen-bond donors (Lipinski definition) is 0. The molecule has 1 amide bonds. The van der Waals surface area contributed by atoms with Crippen molar-refractivity contribution >= 4 is 17.2 Å². The Labute approximate surface area is 145 Å². The van der Waals surface area contributed by atoms with Gasteiger partial charge >= 0.3 is 0 Å². The molecule has 0 aromatic carbocycles. The van der Waals surface area contributed by atoms with Crippen molar-refractivity contribution < 1.29 is 9.53 Å². The van der Waals surface area contributed by atoms with E-state index in [1.54, 1.807) is 5.51 Å². The lowest BCUT2D eigenvalue weighted by atomic mass is 10.1. The van der Waals surface area contributed by atoms with Crippen molar-refractivity contribution in [3.8, 4) is 0 Å². The van der Waals surface area contributed by atoms with E-state index in [1.165, 1.54) is 11.3 Å². The first-order valence-electron chi connectivity index (χ1n) is 8.11. The van der Waals surface area contributed by atoms with Gasteiger partial charge in [-0.25, -0.2) is 15.0 Å². The second kappa shape index (κ2) is 7.36. The summed E-state index contributed by atoms with van der Waals surface area (Å²) in [5.41, 5.74) is 4.46. The van der Waals surface area contributed by atoms with Gasteiger partial charge in [-0.2, -0.15) is 0 Å². The molecular formula is C17H22N4O2S. The molecule has 1 aliphatic heterocycles. The highest BCUT2D eigenvalue weighted by molar-refractivity contribution is 7.11. The molecule has 3 heterocycles. The summed E-state index contributed by atoms with van der Waals surface area (Å²) in [5.74, 6) is 1.07. The number of ether oxygens (including phenoxy) is 1. The zero-order valence-electron chi connectivity index (χ0n) is 14.3. The van der Waals surface area contributed by atoms with Gasteiger partial charge in [0.05, 0.1) is 24.4 Å². The first-order chi connectivity index (χ1) is 11.5. The van der Waals surface area contributed by atoms with E-state index in [0.717, 1.165) is 27.8 Å². The normalized spacial score (nSPS) is 18.5. The summed E-state index contributed by atoms with van der Waals surface area (Å²) in [7, 11) is 0. The summed E-state index contributed by atoms with van der Waals surface area (Å²) in [6.45, 7) is 8.29. The number of hydrogen-bond acceptors (Lipinski definition) is 6. The van der Waals surface area contributed by atoms with Gasteiger partial charge in [0.25, 0.3) is 5.91 Å². The average Bonchev–Trinajstić information content (AvgIpc) is 2.80. The van der Waals surface area contributed by atoms with E-state index in [0.29, 0.717) is 32.7 Å². The Balaban J connectivity index is 1.73. The van der Waals surface area contributed by atoms with Crippen molar-refractivity contribution in [2.24, 2.45) is 5.92 Å². The maximum atomic E-state index is 12.8. The number of amides is 1. The van der Waals surface area contributed by atoms with Gasteiger partial charge in [0, 0.05) is 36.8 Å². The van der Waals surface area contributed by atoms with Crippen LogP contribution in [-0.2, 0) is 11.2 Å². The second-order valence-electron chi connectivity index (χ2n) is 6.23. The minimum atomic E-state index is 0.0480. The molecular weight excluding hydrogens is 324 g/mol. The average molecular weight is 346 g/mol. The summed E-state index contributed by atoms with van der Waals surface area (Å²) in [5, 5.41) is 0. The fourth-order valence-corrected chi connectivity index (χ4v) is 3.76. The SMILES string of the molecule is Cc1cc(C)nc(CC2COCCN(C(=O)c3scnc3C)C2)n1. The van der Waals surface area contributed by atoms with Crippen LogP contribution < -0.4 is 0 Å². The summed E-state index contributed by atoms with van der Waals surface area (Å²) < 4.78 is 5.71. The number of carbonyl (C=O) groups excluding carboxylic acids is 1. The fraction of sp³-hybridized carbons (Fsp3) is 0.529. The molecule has 0 radical (unpaired) electrons. The van der Waals surface area contributed by atoms with Crippen LogP contribution in [0.5, 0.6) is 0 Å². The molecule has 3 rings (SSSR count). The number of aromatic nitrogens is 3. The van der Waals surface area contributed by atoms with Crippen molar-refractivity contribution in [1.29, 1.82) is 0 Å². The molecule has 0 saturated carbocycles. The van der Waals surface area contributed by atoms with Crippen LogP contribution >= 0.6 is 11.3 Å². The molecule has 24 heavy (non-hydrogen) atoms. The number of rotatable bonds is 3. The standard InChI is InChI=1S/C17H22N4O2S/c1-11-6-12(2)20-15(19-11)7-14-8-21(4-5-23-9-14)17(22)16-13(3)18-10-24-16/h6,10,14H,4-5,7-9H2,1-3H3. The summed E-state index contributed by atoms with van der Waals surface area (Å²) in [6.07, 6.45) is 0.716. The molecule has 0 spiro atoms. The number of aryl methyl sites for hydroxylation is 3. The van der Waals surface area contributed by atoms with Crippen LogP contribution in [0.1, 0.15) is 32.6 Å². The maximum absolute atomic E-state index is 12.8. The van der Waals surface area contributed by atoms with Crippen LogP contribution in [0.2, 0.25) is 0 Å². The Kier molecular flexibility index (Phi) is 5.20. The molecule has 128 valence electrons. The summed E-state index contributed by atoms with van der Waals surface area (Å²) >= 11 is 1.40. The van der Waals surface area contributed by atoms with Gasteiger partial charge in [0.15, 0.2) is 0 Å². The molecule has 2 aromatic rings. The Morgan fingerprint density at radius 2 is 2.08 bits per heavy atom. The van der Waals surface area contributed by atoms with Crippen LogP contribution in [0, 0.1) is 26.7 Å². The van der Waals surface area contributed by atoms with Crippen molar-refractivity contribution in [2.45, 2.75) is 27.2 Å². The third-order valence-electron chi connectivity index (χ3n) is 4.06. The van der Waals surface area contributed by atoms with Crippen LogP contribution in [-0.4, -0.2) is 52.1 Å². The molecule has 2 aromatic heterocycles. The quantitative estimate of drug-likeness (QED) is 0.852. The lowest BCUT2D eigenvalue weighted by Crippen LogP contribution is -2.36. The molecule has 1 saturated heterocycles. The molecule has 1 atom stereocenters. The van der Waals surface area contributed by atoms with E-state index in [1.807, 2.05) is 31.7 Å². The number of nitrogens with zero attached hydrogens (tertiary/aromatic N) is 4. The highest BCUT2D eigenvalue weighted by atomic mass is 32.1. The minimum Gasteiger partial charge on any atom is -0.379 e. The Morgan fingerprint density at radius 1 is 1.33 bits per heavy atom. The zero-order valence-corrected chi connectivity index (χ0v) is 15.1. The molecule has 7 heteroatoms. The van der Waals surface area contributed by atoms with E-state index in [-0.39, 0.29) is 11.8 Å². The second-order valence-corrected chi connectivity index (χ2v) is 7.08. The number of carbonyl (C=O) groups is 1. The third kappa shape index (κ3) is 3.96. The Hall–Kier alpha value is -1.86. The Bertz CT molecular complexity index is 711. The fourth-order valence-electron chi connectivity index (χ4n) is 2.99. The van der Waals surface area contributed by atoms with Crippen molar-refractivity contribution in [3.63, 3.8) is 0 Å². The topological polar surface area (TPSA) is 68.2 Å². The molecule has 1 fully saturated rings. The van der Waals surface area contributed by atoms with Gasteiger partial charge < -0.3 is 9.64 Å². The minimum absolute atomic E-state index is 0.0480. The van der Waals surface area contributed by atoms with Crippen molar-refractivity contribution in [2.75, 3.05) is 26.3 Å². The van der Waals surface area contributed by atoms with E-state index in [4.69, 9.17) is 4.74 Å². The first-order valence-corrected chi connectivity index (χ1v) is 8.99. The highest BCUT2D eigenvalue weighted by Crippen LogP contribution is 2.19. The smallest absolute Gasteiger partial charge is 0.265 e. The van der Waals surface area contributed by atoms with Crippen LogP contribution in [0.3, 0.4) is 0 Å². The van der Waals surface area contributed by atoms with Crippen molar-refractivity contribution in [1.82, 2.24) is 19.9 Å². The highest BCUT2D eigenvalue weighted by Gasteiger charge is 2.26. The van der Waals surface area contributed by atoms with E-state index in [9.17, 15) is 4.79 Å². The molecule has 0 N–H and O–H groups in total. The molecule has 0 aliphatic carbocycles. The molecule has 1 aliphatic rings. The van der Waals surface area contributed by atoms with Crippen LogP contribution in [0.15, 0.2) is 11.6 Å². The van der Waals surface area contributed by atoms with E-state index in [2.05, 4.69) is 15.0 Å². The number of thiazole rings is 1. The lowest BCUT2D eigenvalue weighted by molar-refractivity contribution is 0.0741. The van der Waals surface area contributed by atoms with Gasteiger partial charge in [-0.1, -0.05) is 0 Å².